The lowest BCUT2D eigenvalue weighted by Gasteiger charge is -2.11. The predicted molar refractivity (Wildman–Crippen MR) is 117 cm³/mol. The van der Waals surface area contributed by atoms with Gasteiger partial charge in [0.2, 0.25) is 0 Å². The second-order valence-corrected chi connectivity index (χ2v) is 8.05. The number of unbranched alkanes of at least 4 members (excludes halogenated alkanes) is 1. The monoisotopic (exact) mass is 456 g/mol. The molecule has 10 heteroatoms. The van der Waals surface area contributed by atoms with E-state index in [1.54, 1.807) is 17.8 Å². The van der Waals surface area contributed by atoms with Crippen LogP contribution in [0.5, 0.6) is 5.75 Å². The fourth-order valence-corrected chi connectivity index (χ4v) is 3.21. The van der Waals surface area contributed by atoms with Crippen LogP contribution in [0.2, 0.25) is 0 Å². The van der Waals surface area contributed by atoms with E-state index in [2.05, 4.69) is 15.2 Å². The molecule has 0 aliphatic carbocycles. The highest BCUT2D eigenvalue weighted by Gasteiger charge is 2.30. The average Bonchev–Trinajstić information content (AvgIpc) is 2.70. The Hall–Kier alpha value is -2.20. The number of amidine groups is 1. The van der Waals surface area contributed by atoms with Gasteiger partial charge in [-0.05, 0) is 55.9 Å². The van der Waals surface area contributed by atoms with Gasteiger partial charge in [0, 0.05) is 14.1 Å². The molecule has 0 aliphatic rings. The molecular formula is C20H23F3N4OS2. The van der Waals surface area contributed by atoms with E-state index in [1.807, 2.05) is 32.0 Å². The molecule has 1 heterocycles. The third-order valence-electron chi connectivity index (χ3n) is 3.99. The van der Waals surface area contributed by atoms with Crippen LogP contribution in [0, 0.1) is 0 Å². The quantitative estimate of drug-likeness (QED) is 0.181. The molecule has 0 saturated heterocycles. The van der Waals surface area contributed by atoms with Gasteiger partial charge in [-0.1, -0.05) is 18.3 Å². The number of halogens is 3. The Labute approximate surface area is 183 Å². The molecule has 0 saturated carbocycles. The highest BCUT2D eigenvalue weighted by molar-refractivity contribution is 7.99. The molecule has 1 aromatic carbocycles. The molecule has 30 heavy (non-hydrogen) atoms. The Balaban J connectivity index is 1.71. The van der Waals surface area contributed by atoms with E-state index in [9.17, 15) is 13.2 Å². The number of thiocarbonyl (C=S) groups is 1. The number of benzene rings is 1. The van der Waals surface area contributed by atoms with E-state index in [1.165, 1.54) is 12.1 Å². The molecule has 1 aromatic heterocycles. The van der Waals surface area contributed by atoms with Gasteiger partial charge in [0.1, 0.15) is 22.3 Å². The lowest BCUT2D eigenvalue weighted by atomic mass is 10.2. The zero-order chi connectivity index (χ0) is 22.1. The van der Waals surface area contributed by atoms with Crippen LogP contribution in [0.4, 0.5) is 13.2 Å². The average molecular weight is 457 g/mol. The van der Waals surface area contributed by atoms with Crippen LogP contribution in [-0.4, -0.2) is 52.4 Å². The highest BCUT2D eigenvalue weighted by Crippen LogP contribution is 2.31. The van der Waals surface area contributed by atoms with Gasteiger partial charge < -0.3 is 9.64 Å². The number of thioether (sulfide) groups is 1. The summed E-state index contributed by atoms with van der Waals surface area (Å²) < 4.78 is 43.5. The minimum absolute atomic E-state index is 0.224. The van der Waals surface area contributed by atoms with Crippen LogP contribution >= 0.6 is 24.0 Å². The summed E-state index contributed by atoms with van der Waals surface area (Å²) in [4.78, 5) is 6.55. The van der Waals surface area contributed by atoms with Crippen LogP contribution in [-0.2, 0) is 6.18 Å². The summed E-state index contributed by atoms with van der Waals surface area (Å²) in [7, 11) is 3.77. The minimum atomic E-state index is -4.37. The van der Waals surface area contributed by atoms with Crippen molar-refractivity contribution < 1.29 is 17.9 Å². The molecule has 0 amide bonds. The smallest absolute Gasteiger partial charge is 0.416 e. The van der Waals surface area contributed by atoms with Crippen molar-refractivity contribution in [2.45, 2.75) is 31.0 Å². The Morgan fingerprint density at radius 3 is 2.57 bits per heavy atom. The number of aliphatic imine (C=N–C) groups is 1. The second kappa shape index (κ2) is 11.3. The van der Waals surface area contributed by atoms with Crippen LogP contribution in [0.1, 0.15) is 31.0 Å². The van der Waals surface area contributed by atoms with Gasteiger partial charge in [-0.15, -0.1) is 22.0 Å². The zero-order valence-electron chi connectivity index (χ0n) is 16.9. The van der Waals surface area contributed by atoms with E-state index in [4.69, 9.17) is 17.0 Å². The summed E-state index contributed by atoms with van der Waals surface area (Å²) in [6.07, 6.45) is -2.82. The number of hydrogen-bond donors (Lipinski definition) is 0. The first kappa shape index (κ1) is 24.1. The number of rotatable bonds is 8. The molecule has 0 unspecified atom stereocenters. The zero-order valence-corrected chi connectivity index (χ0v) is 18.6. The Bertz CT molecular complexity index is 871. The molecule has 2 rings (SSSR count). The Kier molecular flexibility index (Phi) is 9.04. The molecule has 0 bridgehead atoms. The molecular weight excluding hydrogens is 433 g/mol. The Morgan fingerprint density at radius 1 is 1.17 bits per heavy atom. The fourth-order valence-electron chi connectivity index (χ4n) is 2.15. The van der Waals surface area contributed by atoms with Crippen molar-refractivity contribution in [1.29, 1.82) is 0 Å². The van der Waals surface area contributed by atoms with E-state index >= 15 is 0 Å². The van der Waals surface area contributed by atoms with Gasteiger partial charge in [0.15, 0.2) is 4.99 Å². The first-order chi connectivity index (χ1) is 14.2. The normalized spacial score (nSPS) is 12.0. The van der Waals surface area contributed by atoms with Crippen molar-refractivity contribution in [2.24, 2.45) is 4.99 Å². The van der Waals surface area contributed by atoms with E-state index in [0.29, 0.717) is 17.3 Å². The van der Waals surface area contributed by atoms with Crippen LogP contribution < -0.4 is 4.74 Å². The Morgan fingerprint density at radius 2 is 1.93 bits per heavy atom. The SMILES string of the molecule is C/C(=N/C(=S)c1ccc(SCCCCOc2cccc(C(F)(F)F)c2)nn1)N(C)C. The summed E-state index contributed by atoms with van der Waals surface area (Å²) in [6, 6.07) is 8.54. The fraction of sp³-hybridized carbons (Fsp3) is 0.400. The van der Waals surface area contributed by atoms with Gasteiger partial charge in [-0.2, -0.15) is 13.2 Å². The van der Waals surface area contributed by atoms with E-state index in [0.717, 1.165) is 41.6 Å². The molecule has 0 spiro atoms. The van der Waals surface area contributed by atoms with E-state index < -0.39 is 11.7 Å². The van der Waals surface area contributed by atoms with E-state index in [-0.39, 0.29) is 5.75 Å². The van der Waals surface area contributed by atoms with Crippen molar-refractivity contribution in [3.63, 3.8) is 0 Å². The molecule has 0 aliphatic heterocycles. The molecule has 5 nitrogen and oxygen atoms in total. The summed E-state index contributed by atoms with van der Waals surface area (Å²) in [6.45, 7) is 2.21. The molecule has 162 valence electrons. The number of aromatic nitrogens is 2. The third kappa shape index (κ3) is 7.91. The lowest BCUT2D eigenvalue weighted by molar-refractivity contribution is -0.137. The maximum Gasteiger partial charge on any atom is 0.416 e. The third-order valence-corrected chi connectivity index (χ3v) is 5.30. The second-order valence-electron chi connectivity index (χ2n) is 6.55. The minimum Gasteiger partial charge on any atom is -0.494 e. The predicted octanol–water partition coefficient (Wildman–Crippen LogP) is 5.10. The molecule has 0 fully saturated rings. The van der Waals surface area contributed by atoms with Gasteiger partial charge in [0.25, 0.3) is 0 Å². The van der Waals surface area contributed by atoms with Crippen molar-refractivity contribution >= 4 is 34.8 Å². The maximum atomic E-state index is 12.7. The standard InChI is InChI=1S/C20H23F3N4OS2/c1-14(27(2)3)24-19(29)17-9-10-18(26-25-17)30-12-5-4-11-28-16-8-6-7-15(13-16)20(21,22)23/h6-10,13H,4-5,11-12H2,1-3H3/b24-14-. The summed E-state index contributed by atoms with van der Waals surface area (Å²) in [5, 5.41) is 9.05. The first-order valence-corrected chi connectivity index (χ1v) is 10.6. The first-order valence-electron chi connectivity index (χ1n) is 9.20. The van der Waals surface area contributed by atoms with Crippen LogP contribution in [0.15, 0.2) is 46.4 Å². The molecule has 2 aromatic rings. The molecule has 0 radical (unpaired) electrons. The number of ether oxygens (including phenoxy) is 1. The number of hydrogen-bond acceptors (Lipinski definition) is 5. The maximum absolute atomic E-state index is 12.7. The highest BCUT2D eigenvalue weighted by atomic mass is 32.2. The lowest BCUT2D eigenvalue weighted by Crippen LogP contribution is -2.19. The largest absolute Gasteiger partial charge is 0.494 e. The van der Waals surface area contributed by atoms with Gasteiger partial charge >= 0.3 is 6.18 Å². The van der Waals surface area contributed by atoms with Crippen LogP contribution in [0.3, 0.4) is 0 Å². The summed E-state index contributed by atoms with van der Waals surface area (Å²) in [5.74, 6) is 1.80. The topological polar surface area (TPSA) is 50.6 Å². The van der Waals surface area contributed by atoms with Crippen molar-refractivity contribution in [3.8, 4) is 5.75 Å². The van der Waals surface area contributed by atoms with Crippen molar-refractivity contribution in [1.82, 2.24) is 15.1 Å². The summed E-state index contributed by atoms with van der Waals surface area (Å²) in [5.41, 5.74) is -0.162. The van der Waals surface area contributed by atoms with Crippen molar-refractivity contribution in [3.05, 3.63) is 47.7 Å². The van der Waals surface area contributed by atoms with Gasteiger partial charge in [-0.25, -0.2) is 4.99 Å². The summed E-state index contributed by atoms with van der Waals surface area (Å²) >= 11 is 6.81. The molecule has 0 N–H and O–H groups in total. The molecule has 0 atom stereocenters. The van der Waals surface area contributed by atoms with Gasteiger partial charge in [-0.3, -0.25) is 0 Å². The van der Waals surface area contributed by atoms with Crippen molar-refractivity contribution in [2.75, 3.05) is 26.5 Å². The van der Waals surface area contributed by atoms with Crippen LogP contribution in [0.25, 0.3) is 0 Å². The number of alkyl halides is 3. The van der Waals surface area contributed by atoms with Gasteiger partial charge in [0.05, 0.1) is 12.2 Å². The number of nitrogens with zero attached hydrogens (tertiary/aromatic N) is 4.